The van der Waals surface area contributed by atoms with Crippen molar-refractivity contribution in [2.75, 3.05) is 0 Å². The smallest absolute Gasteiger partial charge is 0.328 e. The van der Waals surface area contributed by atoms with Gasteiger partial charge in [-0.25, -0.2) is 4.79 Å². The zero-order valence-electron chi connectivity index (χ0n) is 20.6. The Morgan fingerprint density at radius 3 is 1.94 bits per heavy atom. The van der Waals surface area contributed by atoms with E-state index in [9.17, 15) is 34.2 Å². The van der Waals surface area contributed by atoms with E-state index in [1.807, 2.05) is 6.92 Å². The first-order valence-electron chi connectivity index (χ1n) is 11.7. The largest absolute Gasteiger partial charge is 0.481 e. The summed E-state index contributed by atoms with van der Waals surface area (Å²) < 4.78 is 0. The molecule has 6 unspecified atom stereocenters. The van der Waals surface area contributed by atoms with Crippen LogP contribution in [0.1, 0.15) is 45.6 Å². The second-order valence-corrected chi connectivity index (χ2v) is 8.72. The molecule has 36 heavy (non-hydrogen) atoms. The van der Waals surface area contributed by atoms with Crippen LogP contribution in [0, 0.1) is 5.92 Å². The monoisotopic (exact) mass is 508 g/mol. The Bertz CT molecular complexity index is 909. The number of carboxylic acid groups (broad SMARTS) is 2. The Morgan fingerprint density at radius 1 is 0.889 bits per heavy atom. The van der Waals surface area contributed by atoms with Crippen molar-refractivity contribution in [2.24, 2.45) is 11.7 Å². The molecule has 0 aliphatic rings. The van der Waals surface area contributed by atoms with E-state index >= 15 is 0 Å². The molecule has 0 aromatic heterocycles. The Morgan fingerprint density at radius 2 is 1.44 bits per heavy atom. The van der Waals surface area contributed by atoms with Crippen LogP contribution in [0.2, 0.25) is 0 Å². The third kappa shape index (κ3) is 10.0. The second kappa shape index (κ2) is 14.8. The van der Waals surface area contributed by atoms with Crippen LogP contribution in [0.15, 0.2) is 30.3 Å². The molecule has 0 radical (unpaired) electrons. The molecule has 12 heteroatoms. The topological polar surface area (TPSA) is 208 Å². The predicted octanol–water partition coefficient (Wildman–Crippen LogP) is -0.613. The number of rotatable bonds is 15. The summed E-state index contributed by atoms with van der Waals surface area (Å²) in [6.07, 6.45) is -1.53. The van der Waals surface area contributed by atoms with Crippen molar-refractivity contribution < 1.29 is 39.3 Å². The van der Waals surface area contributed by atoms with Gasteiger partial charge in [0.15, 0.2) is 6.04 Å². The van der Waals surface area contributed by atoms with Gasteiger partial charge >= 0.3 is 11.9 Å². The number of aliphatic hydroxyl groups is 1. The second-order valence-electron chi connectivity index (χ2n) is 8.72. The highest BCUT2D eigenvalue weighted by molar-refractivity contribution is 5.94. The van der Waals surface area contributed by atoms with E-state index in [0.717, 1.165) is 0 Å². The molecule has 1 rings (SSSR count). The maximum Gasteiger partial charge on any atom is 0.328 e. The normalized spacial score (nSPS) is 15.9. The molecule has 8 N–H and O–H groups in total. The number of hydrogen-bond acceptors (Lipinski definition) is 7. The highest BCUT2D eigenvalue weighted by Gasteiger charge is 2.32. The lowest BCUT2D eigenvalue weighted by atomic mass is 9.98. The van der Waals surface area contributed by atoms with Crippen LogP contribution >= 0.6 is 0 Å². The summed E-state index contributed by atoms with van der Waals surface area (Å²) >= 11 is 0. The van der Waals surface area contributed by atoms with Gasteiger partial charge in [0.05, 0.1) is 12.1 Å². The van der Waals surface area contributed by atoms with E-state index in [-0.39, 0.29) is 18.8 Å². The molecular formula is C24H36N4O8. The number of benzene rings is 1. The van der Waals surface area contributed by atoms with Crippen molar-refractivity contribution in [3.63, 3.8) is 0 Å². The Balaban J connectivity index is 3.16. The molecule has 0 saturated carbocycles. The number of aliphatic hydroxyl groups excluding tert-OH is 1. The van der Waals surface area contributed by atoms with Crippen LogP contribution in [-0.2, 0) is 30.4 Å². The van der Waals surface area contributed by atoms with E-state index in [0.29, 0.717) is 12.0 Å². The lowest BCUT2D eigenvalue weighted by molar-refractivity contribution is -0.145. The van der Waals surface area contributed by atoms with Gasteiger partial charge in [0, 0.05) is 12.8 Å². The number of carbonyl (C=O) groups excluding carboxylic acids is 3. The van der Waals surface area contributed by atoms with E-state index in [1.54, 1.807) is 37.3 Å². The minimum atomic E-state index is -1.62. The van der Waals surface area contributed by atoms with Gasteiger partial charge in [-0.3, -0.25) is 19.2 Å². The van der Waals surface area contributed by atoms with Crippen molar-refractivity contribution in [3.05, 3.63) is 35.9 Å². The van der Waals surface area contributed by atoms with Crippen LogP contribution < -0.4 is 21.7 Å². The van der Waals surface area contributed by atoms with Gasteiger partial charge in [-0.2, -0.15) is 0 Å². The van der Waals surface area contributed by atoms with E-state index in [2.05, 4.69) is 16.0 Å². The third-order valence-corrected chi connectivity index (χ3v) is 5.80. The fourth-order valence-corrected chi connectivity index (χ4v) is 3.29. The zero-order chi connectivity index (χ0) is 27.4. The molecule has 12 nitrogen and oxygen atoms in total. The molecule has 0 fully saturated rings. The predicted molar refractivity (Wildman–Crippen MR) is 130 cm³/mol. The van der Waals surface area contributed by atoms with Gasteiger partial charge in [0.1, 0.15) is 12.1 Å². The van der Waals surface area contributed by atoms with Crippen LogP contribution in [0.4, 0.5) is 0 Å². The standard InChI is InChI=1S/C24H36N4O8/c1-4-13(2)19(25)23(34)26-16(10-11-18(30)31)21(32)27-17(12-15-8-6-5-7-9-15)22(33)28-20(14(3)29)24(35)36/h5-9,13-14,16-17,19-20,29H,4,10-12,25H2,1-3H3,(H,26,34)(H,27,32)(H,28,33)(H,30,31)(H,35,36). The number of carbonyl (C=O) groups is 5. The highest BCUT2D eigenvalue weighted by Crippen LogP contribution is 2.09. The SMILES string of the molecule is CCC(C)C(N)C(=O)NC(CCC(=O)O)C(=O)NC(Cc1ccccc1)C(=O)NC(C(=O)O)C(C)O. The molecule has 1 aromatic rings. The molecule has 0 saturated heterocycles. The first kappa shape index (κ1) is 30.5. The lowest BCUT2D eigenvalue weighted by Crippen LogP contribution is -2.59. The number of nitrogens with one attached hydrogen (secondary N) is 3. The maximum absolute atomic E-state index is 13.1. The molecule has 0 bridgehead atoms. The number of nitrogens with two attached hydrogens (primary N) is 1. The molecule has 1 aromatic carbocycles. The first-order valence-corrected chi connectivity index (χ1v) is 11.7. The van der Waals surface area contributed by atoms with Gasteiger partial charge in [-0.1, -0.05) is 50.6 Å². The summed E-state index contributed by atoms with van der Waals surface area (Å²) in [7, 11) is 0. The van der Waals surface area contributed by atoms with E-state index in [4.69, 9.17) is 10.8 Å². The molecule has 0 aliphatic heterocycles. The van der Waals surface area contributed by atoms with Crippen molar-refractivity contribution in [1.82, 2.24) is 16.0 Å². The summed E-state index contributed by atoms with van der Waals surface area (Å²) in [5.41, 5.74) is 6.58. The molecular weight excluding hydrogens is 472 g/mol. The average Bonchev–Trinajstić information content (AvgIpc) is 2.83. The van der Waals surface area contributed by atoms with Gasteiger partial charge in [0.2, 0.25) is 17.7 Å². The van der Waals surface area contributed by atoms with Gasteiger partial charge < -0.3 is 37.0 Å². The molecule has 200 valence electrons. The van der Waals surface area contributed by atoms with Crippen molar-refractivity contribution in [3.8, 4) is 0 Å². The minimum Gasteiger partial charge on any atom is -0.481 e. The summed E-state index contributed by atoms with van der Waals surface area (Å²) in [5, 5.41) is 35.2. The van der Waals surface area contributed by atoms with E-state index in [1.165, 1.54) is 6.92 Å². The molecule has 0 spiro atoms. The van der Waals surface area contributed by atoms with Gasteiger partial charge in [0.25, 0.3) is 0 Å². The zero-order valence-corrected chi connectivity index (χ0v) is 20.6. The summed E-state index contributed by atoms with van der Waals surface area (Å²) in [5.74, 6) is -5.19. The Hall–Kier alpha value is -3.51. The van der Waals surface area contributed by atoms with Crippen LogP contribution in [0.5, 0.6) is 0 Å². The Kier molecular flexibility index (Phi) is 12.5. The Labute approximate surface area is 209 Å². The fourth-order valence-electron chi connectivity index (χ4n) is 3.29. The molecule has 6 atom stereocenters. The van der Waals surface area contributed by atoms with Crippen LogP contribution in [0.3, 0.4) is 0 Å². The van der Waals surface area contributed by atoms with Crippen LogP contribution in [-0.4, -0.2) is 75.3 Å². The molecule has 0 heterocycles. The maximum atomic E-state index is 13.1. The third-order valence-electron chi connectivity index (χ3n) is 5.80. The lowest BCUT2D eigenvalue weighted by Gasteiger charge is -2.26. The summed E-state index contributed by atoms with van der Waals surface area (Å²) in [6, 6.07) is 3.44. The van der Waals surface area contributed by atoms with Crippen molar-refractivity contribution >= 4 is 29.7 Å². The first-order chi connectivity index (χ1) is 16.9. The minimum absolute atomic E-state index is 0.0312. The summed E-state index contributed by atoms with van der Waals surface area (Å²) in [4.78, 5) is 61.2. The van der Waals surface area contributed by atoms with Gasteiger partial charge in [-0.05, 0) is 24.8 Å². The fraction of sp³-hybridized carbons (Fsp3) is 0.542. The quantitative estimate of drug-likeness (QED) is 0.161. The average molecular weight is 509 g/mol. The number of hydrogen-bond donors (Lipinski definition) is 7. The summed E-state index contributed by atoms with van der Waals surface area (Å²) in [6.45, 7) is 4.80. The van der Waals surface area contributed by atoms with Crippen molar-refractivity contribution in [1.29, 1.82) is 0 Å². The van der Waals surface area contributed by atoms with Gasteiger partial charge in [-0.15, -0.1) is 0 Å². The number of carboxylic acids is 2. The van der Waals surface area contributed by atoms with E-state index < -0.39 is 66.4 Å². The molecule has 0 aliphatic carbocycles. The van der Waals surface area contributed by atoms with Crippen molar-refractivity contribution in [2.45, 2.75) is 76.7 Å². The van der Waals surface area contributed by atoms with Crippen LogP contribution in [0.25, 0.3) is 0 Å². The number of amides is 3. The number of aliphatic carboxylic acids is 2. The molecule has 3 amide bonds. The highest BCUT2D eigenvalue weighted by atomic mass is 16.4.